The van der Waals surface area contributed by atoms with E-state index in [4.69, 9.17) is 0 Å². The van der Waals surface area contributed by atoms with Gasteiger partial charge in [-0.25, -0.2) is 17.5 Å². The van der Waals surface area contributed by atoms with Gasteiger partial charge in [-0.1, -0.05) is 6.92 Å². The monoisotopic (exact) mass is 448 g/mol. The normalized spacial score (nSPS) is 27.1. The number of fused-ring (bicyclic) bond motifs is 1. The van der Waals surface area contributed by atoms with E-state index in [2.05, 4.69) is 17.7 Å². The first-order valence-corrected chi connectivity index (χ1v) is 11.6. The van der Waals surface area contributed by atoms with Gasteiger partial charge in [0.2, 0.25) is 0 Å². The SMILES string of the molecule is CC1CCC2(CC1)NC(=O)N(NC(=O)c1ccc3c(c1)S(=O)(=O)N(C(C)C)C3=O)C2=O. The van der Waals surface area contributed by atoms with Crippen molar-refractivity contribution in [2.45, 2.75) is 62.9 Å². The number of carbonyl (C=O) groups is 4. The molecule has 2 N–H and O–H groups in total. The number of imide groups is 1. The predicted octanol–water partition coefficient (Wildman–Crippen LogP) is 1.39. The topological polar surface area (TPSA) is 133 Å². The summed E-state index contributed by atoms with van der Waals surface area (Å²) in [6.07, 6.45) is 2.57. The summed E-state index contributed by atoms with van der Waals surface area (Å²) in [6.45, 7) is 5.24. The maximum Gasteiger partial charge on any atom is 0.344 e. The zero-order valence-electron chi connectivity index (χ0n) is 17.5. The van der Waals surface area contributed by atoms with Crippen LogP contribution in [-0.4, -0.2) is 53.1 Å². The molecule has 1 aromatic rings. The van der Waals surface area contributed by atoms with E-state index < -0.39 is 45.4 Å². The fourth-order valence-corrected chi connectivity index (χ4v) is 6.17. The Labute approximate surface area is 180 Å². The minimum atomic E-state index is -4.08. The molecule has 3 aliphatic rings. The molecule has 5 amide bonds. The summed E-state index contributed by atoms with van der Waals surface area (Å²) in [5.74, 6) is -1.54. The Morgan fingerprint density at radius 2 is 1.84 bits per heavy atom. The molecule has 1 aliphatic carbocycles. The zero-order chi connectivity index (χ0) is 22.7. The average molecular weight is 449 g/mol. The molecule has 0 aromatic heterocycles. The summed E-state index contributed by atoms with van der Waals surface area (Å²) in [7, 11) is -4.08. The molecule has 11 heteroatoms. The fraction of sp³-hybridized carbons (Fsp3) is 0.500. The second-order valence-corrected chi connectivity index (χ2v) is 10.5. The van der Waals surface area contributed by atoms with Crippen LogP contribution in [0.15, 0.2) is 23.1 Å². The van der Waals surface area contributed by atoms with E-state index in [9.17, 15) is 27.6 Å². The Balaban J connectivity index is 1.57. The highest BCUT2D eigenvalue weighted by molar-refractivity contribution is 7.90. The van der Waals surface area contributed by atoms with E-state index >= 15 is 0 Å². The molecular formula is C20H24N4O6S. The summed E-state index contributed by atoms with van der Waals surface area (Å²) < 4.78 is 26.2. The van der Waals surface area contributed by atoms with Crippen LogP contribution >= 0.6 is 0 Å². The van der Waals surface area contributed by atoms with Crippen LogP contribution in [0, 0.1) is 5.92 Å². The number of urea groups is 1. The first kappa shape index (κ1) is 21.3. The molecule has 166 valence electrons. The lowest BCUT2D eigenvalue weighted by Crippen LogP contribution is -2.51. The number of nitrogens with zero attached hydrogens (tertiary/aromatic N) is 2. The third-order valence-electron chi connectivity index (χ3n) is 6.18. The number of carbonyl (C=O) groups excluding carboxylic acids is 4. The van der Waals surface area contributed by atoms with Crippen LogP contribution in [0.3, 0.4) is 0 Å². The van der Waals surface area contributed by atoms with E-state index in [0.29, 0.717) is 23.8 Å². The second-order valence-electron chi connectivity index (χ2n) is 8.69. The van der Waals surface area contributed by atoms with E-state index in [0.717, 1.165) is 23.2 Å². The Bertz CT molecular complexity index is 1100. The molecular weight excluding hydrogens is 424 g/mol. The lowest BCUT2D eigenvalue weighted by atomic mass is 9.77. The average Bonchev–Trinajstić information content (AvgIpc) is 3.05. The number of nitrogens with one attached hydrogen (secondary N) is 2. The van der Waals surface area contributed by atoms with Gasteiger partial charge in [0.1, 0.15) is 10.4 Å². The summed E-state index contributed by atoms with van der Waals surface area (Å²) in [6, 6.07) is 2.35. The van der Waals surface area contributed by atoms with Crippen LogP contribution in [0.4, 0.5) is 4.79 Å². The molecule has 1 spiro atoms. The van der Waals surface area contributed by atoms with Gasteiger partial charge in [-0.05, 0) is 63.6 Å². The van der Waals surface area contributed by atoms with E-state index in [1.165, 1.54) is 12.1 Å². The Morgan fingerprint density at radius 1 is 1.19 bits per heavy atom. The summed E-state index contributed by atoms with van der Waals surface area (Å²) in [5.41, 5.74) is 1.17. The number of benzene rings is 1. The van der Waals surface area contributed by atoms with Gasteiger partial charge in [-0.15, -0.1) is 0 Å². The van der Waals surface area contributed by atoms with Crippen LogP contribution in [-0.2, 0) is 14.8 Å². The van der Waals surface area contributed by atoms with Gasteiger partial charge < -0.3 is 5.32 Å². The molecule has 1 saturated heterocycles. The highest BCUT2D eigenvalue weighted by Gasteiger charge is 2.53. The van der Waals surface area contributed by atoms with Crippen LogP contribution in [0.25, 0.3) is 0 Å². The molecule has 0 atom stereocenters. The third-order valence-corrected chi connectivity index (χ3v) is 8.18. The number of hydrogen-bond acceptors (Lipinski definition) is 6. The standard InChI is InChI=1S/C20H24N4O6S/c1-11(2)24-17(26)14-5-4-13(10-15(14)31(24,29)30)16(25)22-23-18(27)20(21-19(23)28)8-6-12(3)7-9-20/h4-5,10-12H,6-9H2,1-3H3,(H,21,28)(H,22,25). The predicted molar refractivity (Wildman–Crippen MR) is 108 cm³/mol. The zero-order valence-corrected chi connectivity index (χ0v) is 18.3. The fourth-order valence-electron chi connectivity index (χ4n) is 4.38. The number of rotatable bonds is 3. The summed E-state index contributed by atoms with van der Waals surface area (Å²) >= 11 is 0. The molecule has 1 saturated carbocycles. The van der Waals surface area contributed by atoms with Crippen molar-refractivity contribution in [3.05, 3.63) is 29.3 Å². The Morgan fingerprint density at radius 3 is 2.45 bits per heavy atom. The van der Waals surface area contributed by atoms with Gasteiger partial charge >= 0.3 is 6.03 Å². The Kier molecular flexibility index (Phi) is 4.84. The molecule has 0 radical (unpaired) electrons. The molecule has 31 heavy (non-hydrogen) atoms. The highest BCUT2D eigenvalue weighted by Crippen LogP contribution is 2.36. The minimum Gasteiger partial charge on any atom is -0.322 e. The van der Waals surface area contributed by atoms with Crippen LogP contribution < -0.4 is 10.7 Å². The third kappa shape index (κ3) is 3.18. The van der Waals surface area contributed by atoms with Crippen molar-refractivity contribution in [2.24, 2.45) is 5.92 Å². The molecule has 2 fully saturated rings. The minimum absolute atomic E-state index is 0.0180. The molecule has 0 unspecified atom stereocenters. The van der Waals surface area contributed by atoms with E-state index in [-0.39, 0.29) is 16.0 Å². The van der Waals surface area contributed by atoms with Gasteiger partial charge in [0, 0.05) is 11.6 Å². The van der Waals surface area contributed by atoms with Crippen molar-refractivity contribution < 1.29 is 27.6 Å². The molecule has 1 aromatic carbocycles. The molecule has 2 aliphatic heterocycles. The van der Waals surface area contributed by atoms with Gasteiger partial charge in [-0.3, -0.25) is 19.8 Å². The van der Waals surface area contributed by atoms with Crippen molar-refractivity contribution in [3.63, 3.8) is 0 Å². The maximum atomic E-state index is 12.9. The molecule has 0 bridgehead atoms. The molecule has 2 heterocycles. The highest BCUT2D eigenvalue weighted by atomic mass is 32.2. The van der Waals surface area contributed by atoms with Crippen molar-refractivity contribution in [1.82, 2.24) is 20.1 Å². The lowest BCUT2D eigenvalue weighted by molar-refractivity contribution is -0.134. The summed E-state index contributed by atoms with van der Waals surface area (Å²) in [5, 5.41) is 3.36. The van der Waals surface area contributed by atoms with Gasteiger partial charge in [-0.2, -0.15) is 5.01 Å². The van der Waals surface area contributed by atoms with E-state index in [1.807, 2.05) is 0 Å². The van der Waals surface area contributed by atoms with Crippen molar-refractivity contribution in [3.8, 4) is 0 Å². The van der Waals surface area contributed by atoms with Gasteiger partial charge in [0.05, 0.1) is 5.56 Å². The lowest BCUT2D eigenvalue weighted by Gasteiger charge is -2.33. The number of sulfonamides is 1. The van der Waals surface area contributed by atoms with Crippen LogP contribution in [0.1, 0.15) is 67.2 Å². The quantitative estimate of drug-likeness (QED) is 0.672. The van der Waals surface area contributed by atoms with Crippen molar-refractivity contribution in [1.29, 1.82) is 0 Å². The molecule has 4 rings (SSSR count). The summed E-state index contributed by atoms with van der Waals surface area (Å²) in [4.78, 5) is 50.2. The first-order chi connectivity index (χ1) is 14.5. The van der Waals surface area contributed by atoms with Gasteiger partial charge in [0.15, 0.2) is 0 Å². The van der Waals surface area contributed by atoms with Gasteiger partial charge in [0.25, 0.3) is 27.7 Å². The number of hydrazine groups is 1. The van der Waals surface area contributed by atoms with Crippen LogP contribution in [0.2, 0.25) is 0 Å². The number of amides is 5. The number of hydrogen-bond donors (Lipinski definition) is 2. The van der Waals surface area contributed by atoms with E-state index in [1.54, 1.807) is 13.8 Å². The van der Waals surface area contributed by atoms with Crippen molar-refractivity contribution in [2.75, 3.05) is 0 Å². The second kappa shape index (κ2) is 7.04. The first-order valence-electron chi connectivity index (χ1n) is 10.2. The maximum absolute atomic E-state index is 12.9. The van der Waals surface area contributed by atoms with Crippen LogP contribution in [0.5, 0.6) is 0 Å². The smallest absolute Gasteiger partial charge is 0.322 e. The Hall–Kier alpha value is -2.95. The molecule has 10 nitrogen and oxygen atoms in total. The van der Waals surface area contributed by atoms with Crippen molar-refractivity contribution >= 4 is 33.8 Å². The largest absolute Gasteiger partial charge is 0.344 e.